The Labute approximate surface area is 117 Å². The molecular weight excluding hydrogens is 267 g/mol. The fourth-order valence-corrected chi connectivity index (χ4v) is 2.22. The fourth-order valence-electron chi connectivity index (χ4n) is 1.71. The molecule has 0 spiro atoms. The summed E-state index contributed by atoms with van der Waals surface area (Å²) >= 11 is 12.0. The molecular formula is C14H14Cl2N2. The first-order valence-electron chi connectivity index (χ1n) is 5.69. The Kier molecular flexibility index (Phi) is 4.34. The summed E-state index contributed by atoms with van der Waals surface area (Å²) in [6, 6.07) is 13.2. The Morgan fingerprint density at radius 3 is 2.56 bits per heavy atom. The van der Waals surface area contributed by atoms with E-state index in [0.717, 1.165) is 29.9 Å². The number of nitrogens with two attached hydrogens (primary N) is 1. The molecule has 0 aliphatic heterocycles. The highest BCUT2D eigenvalue weighted by atomic mass is 35.5. The molecule has 2 aromatic rings. The van der Waals surface area contributed by atoms with Gasteiger partial charge in [0.25, 0.3) is 0 Å². The third-order valence-corrected chi connectivity index (χ3v) is 3.27. The predicted molar refractivity (Wildman–Crippen MR) is 79.5 cm³/mol. The molecule has 0 radical (unpaired) electrons. The van der Waals surface area contributed by atoms with Gasteiger partial charge >= 0.3 is 0 Å². The molecule has 0 aliphatic carbocycles. The second kappa shape index (κ2) is 5.98. The number of rotatable bonds is 4. The summed E-state index contributed by atoms with van der Waals surface area (Å²) in [6.45, 7) is 0.773. The summed E-state index contributed by atoms with van der Waals surface area (Å²) in [5.41, 5.74) is 8.61. The van der Waals surface area contributed by atoms with Crippen LogP contribution in [0.15, 0.2) is 42.5 Å². The van der Waals surface area contributed by atoms with Crippen molar-refractivity contribution in [1.29, 1.82) is 0 Å². The number of para-hydroxylation sites is 2. The van der Waals surface area contributed by atoms with E-state index in [1.165, 1.54) is 0 Å². The van der Waals surface area contributed by atoms with E-state index < -0.39 is 0 Å². The molecule has 0 bridgehead atoms. The van der Waals surface area contributed by atoms with E-state index in [2.05, 4.69) is 5.32 Å². The first kappa shape index (κ1) is 13.1. The molecule has 2 aromatic carbocycles. The van der Waals surface area contributed by atoms with Crippen molar-refractivity contribution in [1.82, 2.24) is 0 Å². The predicted octanol–water partition coefficient (Wildman–Crippen LogP) is 4.23. The molecule has 0 saturated heterocycles. The van der Waals surface area contributed by atoms with E-state index in [1.54, 1.807) is 6.07 Å². The summed E-state index contributed by atoms with van der Waals surface area (Å²) in [5.74, 6) is 0. The lowest BCUT2D eigenvalue weighted by Crippen LogP contribution is -2.07. The molecule has 94 valence electrons. The minimum Gasteiger partial charge on any atom is -0.397 e. The highest BCUT2D eigenvalue weighted by Gasteiger charge is 2.02. The standard InChI is InChI=1S/C14H14Cl2N2/c15-11-6-5-10(12(16)9-11)7-8-18-14-4-2-1-3-13(14)17/h1-6,9,18H,7-8,17H2. The van der Waals surface area contributed by atoms with Gasteiger partial charge in [-0.25, -0.2) is 0 Å². The van der Waals surface area contributed by atoms with Crippen LogP contribution in [0.4, 0.5) is 11.4 Å². The van der Waals surface area contributed by atoms with Crippen molar-refractivity contribution in [2.24, 2.45) is 0 Å². The molecule has 0 aromatic heterocycles. The summed E-state index contributed by atoms with van der Waals surface area (Å²) in [6.07, 6.45) is 0.824. The Balaban J connectivity index is 1.95. The second-order valence-electron chi connectivity index (χ2n) is 4.00. The van der Waals surface area contributed by atoms with Crippen LogP contribution >= 0.6 is 23.2 Å². The molecule has 0 unspecified atom stereocenters. The maximum atomic E-state index is 6.11. The number of anilines is 2. The molecule has 0 aliphatic rings. The van der Waals surface area contributed by atoms with Crippen LogP contribution in [0.5, 0.6) is 0 Å². The van der Waals surface area contributed by atoms with Gasteiger partial charge in [0.05, 0.1) is 11.4 Å². The molecule has 0 amide bonds. The Morgan fingerprint density at radius 1 is 1.06 bits per heavy atom. The normalized spacial score (nSPS) is 10.3. The Morgan fingerprint density at radius 2 is 1.83 bits per heavy atom. The molecule has 3 N–H and O–H groups in total. The van der Waals surface area contributed by atoms with Crippen LogP contribution in [-0.4, -0.2) is 6.54 Å². The van der Waals surface area contributed by atoms with Gasteiger partial charge in [-0.2, -0.15) is 0 Å². The van der Waals surface area contributed by atoms with Crippen molar-refractivity contribution in [3.05, 3.63) is 58.1 Å². The van der Waals surface area contributed by atoms with Crippen molar-refractivity contribution in [3.63, 3.8) is 0 Å². The zero-order valence-corrected chi connectivity index (χ0v) is 11.3. The quantitative estimate of drug-likeness (QED) is 0.823. The van der Waals surface area contributed by atoms with Crippen LogP contribution in [0.1, 0.15) is 5.56 Å². The second-order valence-corrected chi connectivity index (χ2v) is 4.84. The van der Waals surface area contributed by atoms with Gasteiger partial charge in [-0.05, 0) is 36.2 Å². The Bertz CT molecular complexity index is 541. The fraction of sp³-hybridized carbons (Fsp3) is 0.143. The van der Waals surface area contributed by atoms with E-state index in [1.807, 2.05) is 36.4 Å². The third-order valence-electron chi connectivity index (χ3n) is 2.69. The molecule has 2 nitrogen and oxygen atoms in total. The van der Waals surface area contributed by atoms with Gasteiger partial charge in [0.15, 0.2) is 0 Å². The number of hydrogen-bond acceptors (Lipinski definition) is 2. The summed E-state index contributed by atoms with van der Waals surface area (Å²) in [7, 11) is 0. The van der Waals surface area contributed by atoms with Gasteiger partial charge in [0, 0.05) is 16.6 Å². The van der Waals surface area contributed by atoms with Crippen molar-refractivity contribution < 1.29 is 0 Å². The molecule has 0 atom stereocenters. The van der Waals surface area contributed by atoms with Crippen LogP contribution in [0.2, 0.25) is 10.0 Å². The average Bonchev–Trinajstić information content (AvgIpc) is 2.34. The minimum atomic E-state index is 0.656. The van der Waals surface area contributed by atoms with Crippen LogP contribution in [0.25, 0.3) is 0 Å². The van der Waals surface area contributed by atoms with Crippen molar-refractivity contribution in [2.75, 3.05) is 17.6 Å². The smallest absolute Gasteiger partial charge is 0.0574 e. The lowest BCUT2D eigenvalue weighted by atomic mass is 10.1. The summed E-state index contributed by atoms with van der Waals surface area (Å²) in [4.78, 5) is 0. The van der Waals surface area contributed by atoms with Crippen LogP contribution in [-0.2, 0) is 6.42 Å². The van der Waals surface area contributed by atoms with Crippen molar-refractivity contribution in [2.45, 2.75) is 6.42 Å². The SMILES string of the molecule is Nc1ccccc1NCCc1ccc(Cl)cc1Cl. The van der Waals surface area contributed by atoms with Crippen LogP contribution in [0.3, 0.4) is 0 Å². The summed E-state index contributed by atoms with van der Waals surface area (Å²) in [5, 5.41) is 4.64. The first-order chi connectivity index (χ1) is 8.66. The molecule has 18 heavy (non-hydrogen) atoms. The number of benzene rings is 2. The molecule has 0 saturated carbocycles. The average molecular weight is 281 g/mol. The maximum absolute atomic E-state index is 6.11. The Hall–Kier alpha value is -1.38. The monoisotopic (exact) mass is 280 g/mol. The molecule has 0 heterocycles. The lowest BCUT2D eigenvalue weighted by Gasteiger charge is -2.09. The van der Waals surface area contributed by atoms with E-state index >= 15 is 0 Å². The van der Waals surface area contributed by atoms with Gasteiger partial charge < -0.3 is 11.1 Å². The summed E-state index contributed by atoms with van der Waals surface area (Å²) < 4.78 is 0. The van der Waals surface area contributed by atoms with Gasteiger partial charge in [-0.15, -0.1) is 0 Å². The van der Waals surface area contributed by atoms with Gasteiger partial charge in [0.1, 0.15) is 0 Å². The molecule has 4 heteroatoms. The topological polar surface area (TPSA) is 38.0 Å². The van der Waals surface area contributed by atoms with E-state index in [9.17, 15) is 0 Å². The molecule has 0 fully saturated rings. The number of nitrogen functional groups attached to an aromatic ring is 1. The number of hydrogen-bond donors (Lipinski definition) is 2. The van der Waals surface area contributed by atoms with Gasteiger partial charge in [-0.3, -0.25) is 0 Å². The van der Waals surface area contributed by atoms with Gasteiger partial charge in [-0.1, -0.05) is 41.4 Å². The number of nitrogens with one attached hydrogen (secondary N) is 1. The maximum Gasteiger partial charge on any atom is 0.0574 e. The molecule has 2 rings (SSSR count). The highest BCUT2D eigenvalue weighted by molar-refractivity contribution is 6.35. The zero-order valence-electron chi connectivity index (χ0n) is 9.79. The van der Waals surface area contributed by atoms with Crippen molar-refractivity contribution in [3.8, 4) is 0 Å². The zero-order chi connectivity index (χ0) is 13.0. The first-order valence-corrected chi connectivity index (χ1v) is 6.45. The van der Waals surface area contributed by atoms with Gasteiger partial charge in [0.2, 0.25) is 0 Å². The van der Waals surface area contributed by atoms with E-state index in [4.69, 9.17) is 28.9 Å². The largest absolute Gasteiger partial charge is 0.397 e. The van der Waals surface area contributed by atoms with Crippen LogP contribution < -0.4 is 11.1 Å². The van der Waals surface area contributed by atoms with E-state index in [-0.39, 0.29) is 0 Å². The minimum absolute atomic E-state index is 0.656. The van der Waals surface area contributed by atoms with E-state index in [0.29, 0.717) is 10.0 Å². The highest BCUT2D eigenvalue weighted by Crippen LogP contribution is 2.22. The third kappa shape index (κ3) is 3.31. The number of halogens is 2. The van der Waals surface area contributed by atoms with Crippen molar-refractivity contribution >= 4 is 34.6 Å². The van der Waals surface area contributed by atoms with Crippen LogP contribution in [0, 0.1) is 0 Å². The lowest BCUT2D eigenvalue weighted by molar-refractivity contribution is 1.02.